The lowest BCUT2D eigenvalue weighted by Crippen LogP contribution is -2.32. The van der Waals surface area contributed by atoms with Gasteiger partial charge in [0.15, 0.2) is 11.6 Å². The molecule has 2 aromatic heterocycles. The van der Waals surface area contributed by atoms with Crippen molar-refractivity contribution in [1.82, 2.24) is 24.0 Å². The number of hydrogen-bond donors (Lipinski definition) is 3. The van der Waals surface area contributed by atoms with E-state index in [-0.39, 0.29) is 17.4 Å². The zero-order chi connectivity index (χ0) is 35.8. The highest BCUT2D eigenvalue weighted by molar-refractivity contribution is 6.36. The van der Waals surface area contributed by atoms with Crippen LogP contribution in [0.2, 0.25) is 5.02 Å². The monoisotopic (exact) mass is 705 g/mol. The molecule has 1 aliphatic heterocycles. The van der Waals surface area contributed by atoms with Gasteiger partial charge in [-0.2, -0.15) is 0 Å². The molecule has 0 unspecified atom stereocenters. The molecule has 2 amide bonds. The Labute approximate surface area is 301 Å². The van der Waals surface area contributed by atoms with Gasteiger partial charge in [0.1, 0.15) is 0 Å². The van der Waals surface area contributed by atoms with E-state index in [2.05, 4.69) is 20.5 Å². The van der Waals surface area contributed by atoms with E-state index in [4.69, 9.17) is 21.7 Å². The highest BCUT2D eigenvalue weighted by atomic mass is 35.5. The predicted molar refractivity (Wildman–Crippen MR) is 197 cm³/mol. The number of anilines is 2. The van der Waals surface area contributed by atoms with E-state index in [9.17, 15) is 14.4 Å². The Morgan fingerprint density at radius 2 is 1.39 bits per heavy atom. The van der Waals surface area contributed by atoms with E-state index in [0.29, 0.717) is 34.6 Å². The first-order valence-corrected chi connectivity index (χ1v) is 17.6. The molecule has 0 bridgehead atoms. The fourth-order valence-electron chi connectivity index (χ4n) is 7.22. The Morgan fingerprint density at radius 3 is 2.08 bits per heavy atom. The van der Waals surface area contributed by atoms with Crippen LogP contribution in [0.25, 0.3) is 11.1 Å². The molecule has 3 heterocycles. The molecule has 0 spiro atoms. The number of rotatable bonds is 9. The van der Waals surface area contributed by atoms with Crippen LogP contribution in [-0.2, 0) is 46.3 Å². The van der Waals surface area contributed by atoms with Crippen LogP contribution in [0.3, 0.4) is 0 Å². The summed E-state index contributed by atoms with van der Waals surface area (Å²) >= 11 is 6.94. The number of nitrogens with one attached hydrogen (secondary N) is 2. The fraction of sp³-hybridized carbons (Fsp3) is 0.308. The second kappa shape index (κ2) is 14.2. The predicted octanol–water partition coefficient (Wildman–Crippen LogP) is 6.46. The van der Waals surface area contributed by atoms with Gasteiger partial charge in [-0.25, -0.2) is 14.8 Å². The number of halogens is 1. The minimum Gasteiger partial charge on any atom is -0.478 e. The summed E-state index contributed by atoms with van der Waals surface area (Å²) in [6, 6.07) is 18.2. The van der Waals surface area contributed by atoms with Crippen LogP contribution < -0.4 is 10.6 Å². The van der Waals surface area contributed by atoms with Gasteiger partial charge in [-0.3, -0.25) is 14.5 Å². The lowest BCUT2D eigenvalue weighted by Gasteiger charge is -2.26. The average Bonchev–Trinajstić information content (AvgIpc) is 3.65. The molecular formula is C39H40ClN7O4. The van der Waals surface area contributed by atoms with Crippen molar-refractivity contribution in [2.45, 2.75) is 52.0 Å². The van der Waals surface area contributed by atoms with Crippen LogP contribution in [-0.4, -0.2) is 60.0 Å². The maximum Gasteiger partial charge on any atom is 0.335 e. The molecule has 1 aliphatic carbocycles. The van der Waals surface area contributed by atoms with Gasteiger partial charge in [0.25, 0.3) is 11.8 Å². The summed E-state index contributed by atoms with van der Waals surface area (Å²) in [5, 5.41) is 15.6. The smallest absolute Gasteiger partial charge is 0.335 e. The van der Waals surface area contributed by atoms with Gasteiger partial charge < -0.3 is 24.9 Å². The lowest BCUT2D eigenvalue weighted by molar-refractivity contribution is 0.0696. The zero-order valence-electron chi connectivity index (χ0n) is 28.9. The third-order valence-electron chi connectivity index (χ3n) is 10.2. The summed E-state index contributed by atoms with van der Waals surface area (Å²) in [5.41, 5.74) is 8.90. The van der Waals surface area contributed by atoms with Crippen molar-refractivity contribution in [2.75, 3.05) is 23.7 Å². The second-order valence-electron chi connectivity index (χ2n) is 13.3. The third-order valence-corrected chi connectivity index (χ3v) is 10.6. The topological polar surface area (TPSA) is 134 Å². The number of aromatic carboxylic acids is 1. The van der Waals surface area contributed by atoms with Gasteiger partial charge in [-0.05, 0) is 80.0 Å². The minimum atomic E-state index is -0.932. The van der Waals surface area contributed by atoms with Gasteiger partial charge in [-0.15, -0.1) is 0 Å². The summed E-state index contributed by atoms with van der Waals surface area (Å²) < 4.78 is 3.77. The second-order valence-corrected chi connectivity index (χ2v) is 13.7. The number of aryl methyl sites for hydroxylation is 1. The summed E-state index contributed by atoms with van der Waals surface area (Å²) in [6.45, 7) is 4.20. The molecule has 0 saturated heterocycles. The number of imidazole rings is 2. The van der Waals surface area contributed by atoms with Crippen molar-refractivity contribution < 1.29 is 19.5 Å². The molecule has 3 aromatic carbocycles. The van der Waals surface area contributed by atoms with Gasteiger partial charge in [-0.1, -0.05) is 48.0 Å². The molecular weight excluding hydrogens is 666 g/mol. The number of carboxylic acids is 1. The molecule has 5 aromatic rings. The molecule has 12 heteroatoms. The molecule has 0 atom stereocenters. The molecule has 0 saturated carbocycles. The molecule has 7 rings (SSSR count). The zero-order valence-corrected chi connectivity index (χ0v) is 29.7. The molecule has 51 heavy (non-hydrogen) atoms. The number of benzene rings is 3. The van der Waals surface area contributed by atoms with Gasteiger partial charge in [0, 0.05) is 62.8 Å². The number of aromatic nitrogens is 4. The molecule has 0 fully saturated rings. The lowest BCUT2D eigenvalue weighted by atomic mass is 9.98. The highest BCUT2D eigenvalue weighted by Crippen LogP contribution is 2.38. The Kier molecular flexibility index (Phi) is 9.50. The van der Waals surface area contributed by atoms with E-state index < -0.39 is 5.97 Å². The number of carbonyl (C=O) groups is 3. The number of amides is 2. The normalized spacial score (nSPS) is 14.1. The summed E-state index contributed by atoms with van der Waals surface area (Å²) in [6.07, 6.45) is 5.54. The number of carboxylic acid groups (broad SMARTS) is 1. The van der Waals surface area contributed by atoms with Gasteiger partial charge in [0.2, 0.25) is 0 Å². The van der Waals surface area contributed by atoms with E-state index >= 15 is 0 Å². The Balaban J connectivity index is 1.04. The van der Waals surface area contributed by atoms with E-state index in [1.165, 1.54) is 0 Å². The maximum absolute atomic E-state index is 13.7. The molecule has 262 valence electrons. The SMILES string of the molecule is Cc1c(NC(=O)c2nc3c(n2C)CCN(CCc2ccc(C(=O)O)cc2)C3)cccc1-c1cccc(NC(=O)c2nc3c(n2C)CCCC3)c1Cl. The first kappa shape index (κ1) is 34.2. The molecule has 3 N–H and O–H groups in total. The molecule has 11 nitrogen and oxygen atoms in total. The highest BCUT2D eigenvalue weighted by Gasteiger charge is 2.27. The van der Waals surface area contributed by atoms with E-state index in [1.54, 1.807) is 18.2 Å². The number of nitrogens with zero attached hydrogens (tertiary/aromatic N) is 5. The standard InChI is InChI=1S/C39H40ClN7O4/c1-23-26(27-9-7-12-30(34(27)40)44-38(49)35-41-29-10-4-5-13-32(29)45(35)2)8-6-11-28(23)43-37(48)36-42-31-22-47(21-19-33(31)46(36)3)20-18-24-14-16-25(17-15-24)39(50)51/h6-9,11-12,14-17H,4-5,10,13,18-22H2,1-3H3,(H,43,48)(H,44,49)(H,50,51). The van der Waals surface area contributed by atoms with Crippen molar-refractivity contribution in [1.29, 1.82) is 0 Å². The van der Waals surface area contributed by atoms with Gasteiger partial charge >= 0.3 is 5.97 Å². The quantitative estimate of drug-likeness (QED) is 0.160. The van der Waals surface area contributed by atoms with Crippen LogP contribution >= 0.6 is 11.6 Å². The third kappa shape index (κ3) is 6.79. The van der Waals surface area contributed by atoms with Crippen LogP contribution in [0.4, 0.5) is 11.4 Å². The van der Waals surface area contributed by atoms with Crippen LogP contribution in [0.1, 0.15) is 78.3 Å². The van der Waals surface area contributed by atoms with Crippen molar-refractivity contribution in [3.05, 3.63) is 117 Å². The Hall–Kier alpha value is -5.26. The molecule has 0 radical (unpaired) electrons. The van der Waals surface area contributed by atoms with Crippen molar-refractivity contribution in [2.24, 2.45) is 14.1 Å². The number of fused-ring (bicyclic) bond motifs is 2. The van der Waals surface area contributed by atoms with Crippen LogP contribution in [0, 0.1) is 6.92 Å². The van der Waals surface area contributed by atoms with Crippen LogP contribution in [0.5, 0.6) is 0 Å². The number of hydrogen-bond acceptors (Lipinski definition) is 6. The van der Waals surface area contributed by atoms with E-state index in [1.807, 2.05) is 72.6 Å². The van der Waals surface area contributed by atoms with Crippen molar-refractivity contribution >= 4 is 40.8 Å². The summed E-state index contributed by atoms with van der Waals surface area (Å²) in [5.74, 6) is -0.829. The summed E-state index contributed by atoms with van der Waals surface area (Å²) in [7, 11) is 3.76. The summed E-state index contributed by atoms with van der Waals surface area (Å²) in [4.78, 5) is 49.9. The minimum absolute atomic E-state index is 0.278. The first-order chi connectivity index (χ1) is 24.6. The van der Waals surface area contributed by atoms with E-state index in [0.717, 1.165) is 96.6 Å². The Bertz CT molecular complexity index is 2170. The van der Waals surface area contributed by atoms with Gasteiger partial charge in [0.05, 0.1) is 27.7 Å². The van der Waals surface area contributed by atoms with Crippen LogP contribution in [0.15, 0.2) is 60.7 Å². The molecule has 2 aliphatic rings. The number of carbonyl (C=O) groups excluding carboxylic acids is 2. The largest absolute Gasteiger partial charge is 0.478 e. The average molecular weight is 706 g/mol. The Morgan fingerprint density at radius 1 is 0.784 bits per heavy atom. The fourth-order valence-corrected chi connectivity index (χ4v) is 7.50. The maximum atomic E-state index is 13.7. The van der Waals surface area contributed by atoms with Crippen molar-refractivity contribution in [3.8, 4) is 11.1 Å². The first-order valence-electron chi connectivity index (χ1n) is 17.2. The van der Waals surface area contributed by atoms with Crippen molar-refractivity contribution in [3.63, 3.8) is 0 Å².